The number of furan rings is 1. The molecule has 130 valence electrons. The smallest absolute Gasteiger partial charge is 0.342 e. The second-order valence-electron chi connectivity index (χ2n) is 5.53. The van der Waals surface area contributed by atoms with Crippen LogP contribution in [0.25, 0.3) is 11.0 Å². The lowest BCUT2D eigenvalue weighted by atomic mass is 10.1. The number of benzene rings is 1. The van der Waals surface area contributed by atoms with Crippen LogP contribution in [0.5, 0.6) is 5.75 Å². The molecule has 1 aromatic carbocycles. The number of esters is 1. The van der Waals surface area contributed by atoms with Gasteiger partial charge in [-0.15, -0.1) is 0 Å². The molecule has 0 saturated heterocycles. The van der Waals surface area contributed by atoms with E-state index in [9.17, 15) is 4.79 Å². The fraction of sp³-hybridized carbons (Fsp3) is 0.389. The van der Waals surface area contributed by atoms with Crippen LogP contribution in [0.4, 0.5) is 0 Å². The number of rotatable bonds is 7. The summed E-state index contributed by atoms with van der Waals surface area (Å²) in [6, 6.07) is 3.59. The molecule has 0 amide bonds. The van der Waals surface area contributed by atoms with E-state index in [1.807, 2.05) is 19.9 Å². The number of aryl methyl sites for hydroxylation is 1. The van der Waals surface area contributed by atoms with Crippen molar-refractivity contribution in [1.29, 1.82) is 0 Å². The van der Waals surface area contributed by atoms with Gasteiger partial charge in [-0.25, -0.2) is 4.79 Å². The van der Waals surface area contributed by atoms with Crippen LogP contribution in [-0.2, 0) is 9.47 Å². The van der Waals surface area contributed by atoms with E-state index in [1.54, 1.807) is 26.2 Å². The summed E-state index contributed by atoms with van der Waals surface area (Å²) in [5.74, 6) is 0.730. The average Bonchev–Trinajstić information content (AvgIpc) is 2.82. The van der Waals surface area contributed by atoms with Crippen molar-refractivity contribution in [2.24, 2.45) is 0 Å². The van der Waals surface area contributed by atoms with Crippen molar-refractivity contribution in [1.82, 2.24) is 0 Å². The average molecular weight is 397 g/mol. The van der Waals surface area contributed by atoms with E-state index in [0.29, 0.717) is 41.3 Å². The van der Waals surface area contributed by atoms with Crippen LogP contribution in [-0.4, -0.2) is 32.9 Å². The molecule has 5 nitrogen and oxygen atoms in total. The molecule has 0 fully saturated rings. The van der Waals surface area contributed by atoms with Gasteiger partial charge < -0.3 is 18.6 Å². The maximum Gasteiger partial charge on any atom is 0.342 e. The van der Waals surface area contributed by atoms with Gasteiger partial charge in [0.05, 0.1) is 11.1 Å². The van der Waals surface area contributed by atoms with Gasteiger partial charge in [-0.3, -0.25) is 0 Å². The Morgan fingerprint density at radius 3 is 2.71 bits per heavy atom. The number of fused-ring (bicyclic) bond motifs is 1. The number of allylic oxidation sites excluding steroid dienone is 1. The SMILES string of the molecule is COCCOC(=O)c1c(C)oc2cc(Br)c(OCC=C(C)C)cc12. The Morgan fingerprint density at radius 1 is 1.29 bits per heavy atom. The zero-order valence-electron chi connectivity index (χ0n) is 14.3. The maximum atomic E-state index is 12.3. The molecule has 0 saturated carbocycles. The van der Waals surface area contributed by atoms with Gasteiger partial charge in [-0.2, -0.15) is 0 Å². The third-order valence-electron chi connectivity index (χ3n) is 3.37. The van der Waals surface area contributed by atoms with E-state index >= 15 is 0 Å². The van der Waals surface area contributed by atoms with Gasteiger partial charge in [0.2, 0.25) is 0 Å². The number of methoxy groups -OCH3 is 1. The largest absolute Gasteiger partial charge is 0.488 e. The topological polar surface area (TPSA) is 57.9 Å². The van der Waals surface area contributed by atoms with Crippen molar-refractivity contribution in [2.45, 2.75) is 20.8 Å². The second kappa shape index (κ2) is 8.35. The third-order valence-corrected chi connectivity index (χ3v) is 3.99. The first-order valence-electron chi connectivity index (χ1n) is 7.59. The van der Waals surface area contributed by atoms with Gasteiger partial charge in [0.15, 0.2) is 0 Å². The number of carbonyl (C=O) groups is 1. The number of carbonyl (C=O) groups excluding carboxylic acids is 1. The molecule has 0 aliphatic rings. The molecule has 0 unspecified atom stereocenters. The fourth-order valence-electron chi connectivity index (χ4n) is 2.17. The van der Waals surface area contributed by atoms with Crippen molar-refractivity contribution >= 4 is 32.9 Å². The predicted octanol–water partition coefficient (Wildman–Crippen LogP) is 4.65. The van der Waals surface area contributed by atoms with Gasteiger partial charge in [-0.1, -0.05) is 5.57 Å². The quantitative estimate of drug-likeness (QED) is 0.387. The molecule has 24 heavy (non-hydrogen) atoms. The van der Waals surface area contributed by atoms with Crippen molar-refractivity contribution in [3.63, 3.8) is 0 Å². The Hall–Kier alpha value is -1.79. The molecular formula is C18H21BrO5. The summed E-state index contributed by atoms with van der Waals surface area (Å²) in [6.07, 6.45) is 1.98. The maximum absolute atomic E-state index is 12.3. The van der Waals surface area contributed by atoms with E-state index < -0.39 is 5.97 Å². The van der Waals surface area contributed by atoms with Crippen LogP contribution in [0.3, 0.4) is 0 Å². The minimum atomic E-state index is -0.430. The van der Waals surface area contributed by atoms with Gasteiger partial charge >= 0.3 is 5.97 Å². The molecule has 0 bridgehead atoms. The lowest BCUT2D eigenvalue weighted by Gasteiger charge is -2.07. The van der Waals surface area contributed by atoms with E-state index in [2.05, 4.69) is 15.9 Å². The molecule has 0 spiro atoms. The highest BCUT2D eigenvalue weighted by atomic mass is 79.9. The molecule has 1 heterocycles. The lowest BCUT2D eigenvalue weighted by molar-refractivity contribution is 0.0388. The molecule has 0 atom stereocenters. The number of halogens is 1. The van der Waals surface area contributed by atoms with Crippen LogP contribution in [0.15, 0.2) is 32.7 Å². The highest BCUT2D eigenvalue weighted by molar-refractivity contribution is 9.10. The molecule has 2 rings (SSSR count). The van der Waals surface area contributed by atoms with Crippen LogP contribution in [0.1, 0.15) is 30.0 Å². The molecule has 1 aromatic heterocycles. The fourth-order valence-corrected chi connectivity index (χ4v) is 2.61. The number of hydrogen-bond acceptors (Lipinski definition) is 5. The van der Waals surface area contributed by atoms with Crippen molar-refractivity contribution in [2.75, 3.05) is 26.9 Å². The van der Waals surface area contributed by atoms with Gasteiger partial charge in [0.25, 0.3) is 0 Å². The number of ether oxygens (including phenoxy) is 3. The molecule has 0 N–H and O–H groups in total. The Labute approximate surface area is 149 Å². The first kappa shape index (κ1) is 18.5. The van der Waals surface area contributed by atoms with E-state index in [1.165, 1.54) is 5.57 Å². The van der Waals surface area contributed by atoms with Gasteiger partial charge in [0, 0.05) is 12.5 Å². The summed E-state index contributed by atoms with van der Waals surface area (Å²) in [5, 5.41) is 0.672. The first-order valence-corrected chi connectivity index (χ1v) is 8.38. The molecule has 2 aromatic rings. The molecule has 0 radical (unpaired) electrons. The van der Waals surface area contributed by atoms with Gasteiger partial charge in [0.1, 0.15) is 35.9 Å². The van der Waals surface area contributed by atoms with Crippen molar-refractivity contribution in [3.05, 3.63) is 39.6 Å². The molecule has 0 aliphatic heterocycles. The monoisotopic (exact) mass is 396 g/mol. The van der Waals surface area contributed by atoms with E-state index in [4.69, 9.17) is 18.6 Å². The van der Waals surface area contributed by atoms with Crippen LogP contribution >= 0.6 is 15.9 Å². The van der Waals surface area contributed by atoms with Crippen LogP contribution in [0, 0.1) is 6.92 Å². The molecular weight excluding hydrogens is 376 g/mol. The summed E-state index contributed by atoms with van der Waals surface area (Å²) < 4.78 is 22.3. The highest BCUT2D eigenvalue weighted by Crippen LogP contribution is 2.35. The molecule has 6 heteroatoms. The zero-order valence-corrected chi connectivity index (χ0v) is 15.9. The first-order chi connectivity index (χ1) is 11.4. The summed E-state index contributed by atoms with van der Waals surface area (Å²) in [5.41, 5.74) is 2.20. The minimum absolute atomic E-state index is 0.196. The van der Waals surface area contributed by atoms with Crippen LogP contribution in [0.2, 0.25) is 0 Å². The van der Waals surface area contributed by atoms with Crippen LogP contribution < -0.4 is 4.74 Å². The predicted molar refractivity (Wildman–Crippen MR) is 95.7 cm³/mol. The Morgan fingerprint density at radius 2 is 2.04 bits per heavy atom. The lowest BCUT2D eigenvalue weighted by Crippen LogP contribution is -2.10. The molecule has 0 aliphatic carbocycles. The second-order valence-corrected chi connectivity index (χ2v) is 6.39. The summed E-state index contributed by atoms with van der Waals surface area (Å²) >= 11 is 3.47. The van der Waals surface area contributed by atoms with E-state index in [0.717, 1.165) is 4.47 Å². The number of hydrogen-bond donors (Lipinski definition) is 0. The Balaban J connectivity index is 2.32. The Kier molecular flexibility index (Phi) is 6.45. The summed E-state index contributed by atoms with van der Waals surface area (Å²) in [6.45, 7) is 6.76. The standard InChI is InChI=1S/C18H21BrO5/c1-11(2)5-6-22-16-9-13-15(10-14(16)19)24-12(3)17(13)18(20)23-8-7-21-4/h5,9-10H,6-8H2,1-4H3. The normalized spacial score (nSPS) is 10.7. The third kappa shape index (κ3) is 4.39. The minimum Gasteiger partial charge on any atom is -0.488 e. The highest BCUT2D eigenvalue weighted by Gasteiger charge is 2.21. The van der Waals surface area contributed by atoms with Crippen molar-refractivity contribution in [3.8, 4) is 5.75 Å². The van der Waals surface area contributed by atoms with E-state index in [-0.39, 0.29) is 6.61 Å². The Bertz CT molecular complexity index is 756. The zero-order chi connectivity index (χ0) is 17.7. The summed E-state index contributed by atoms with van der Waals surface area (Å²) in [4.78, 5) is 12.3. The van der Waals surface area contributed by atoms with Crippen molar-refractivity contribution < 1.29 is 23.4 Å². The summed E-state index contributed by atoms with van der Waals surface area (Å²) in [7, 11) is 1.56. The van der Waals surface area contributed by atoms with Gasteiger partial charge in [-0.05, 0) is 54.9 Å².